The van der Waals surface area contributed by atoms with Crippen LogP contribution in [0.2, 0.25) is 5.02 Å². The highest BCUT2D eigenvalue weighted by atomic mass is 35.5. The van der Waals surface area contributed by atoms with Crippen LogP contribution in [0.1, 0.15) is 6.92 Å². The highest BCUT2D eigenvalue weighted by Crippen LogP contribution is 2.33. The first kappa shape index (κ1) is 23.9. The standard InChI is InChI=1S/C18H18ClF3N2O5S/c1-17(27,18(20,21)22)16(26)24-15-7-6-13(10-14(15)19)30(28,29)12-4-2-11(3-5-12)23-8-9-25/h2-7,10,23,25,27H,8-9H2,1H3,(H,24,26). The first-order valence-electron chi connectivity index (χ1n) is 8.40. The molecular weight excluding hydrogens is 449 g/mol. The van der Waals surface area contributed by atoms with Crippen LogP contribution in [0.15, 0.2) is 52.3 Å². The summed E-state index contributed by atoms with van der Waals surface area (Å²) in [6.07, 6.45) is -5.22. The van der Waals surface area contributed by atoms with Crippen LogP contribution in [0.5, 0.6) is 0 Å². The minimum Gasteiger partial charge on any atom is -0.395 e. The maximum absolute atomic E-state index is 12.8. The van der Waals surface area contributed by atoms with Gasteiger partial charge >= 0.3 is 6.18 Å². The normalized spacial score (nSPS) is 14.1. The van der Waals surface area contributed by atoms with Crippen LogP contribution in [-0.4, -0.2) is 49.5 Å². The lowest BCUT2D eigenvalue weighted by Gasteiger charge is -2.25. The van der Waals surface area contributed by atoms with Crippen molar-refractivity contribution in [3.05, 3.63) is 47.5 Å². The van der Waals surface area contributed by atoms with Crippen LogP contribution >= 0.6 is 11.6 Å². The maximum Gasteiger partial charge on any atom is 0.426 e. The van der Waals surface area contributed by atoms with Crippen molar-refractivity contribution in [2.75, 3.05) is 23.8 Å². The molecule has 2 rings (SSSR count). The molecule has 0 spiro atoms. The molecule has 0 saturated carbocycles. The van der Waals surface area contributed by atoms with Gasteiger partial charge < -0.3 is 20.8 Å². The zero-order valence-electron chi connectivity index (χ0n) is 15.5. The van der Waals surface area contributed by atoms with Gasteiger partial charge in [-0.25, -0.2) is 8.42 Å². The third kappa shape index (κ3) is 5.04. The summed E-state index contributed by atoms with van der Waals surface area (Å²) in [6, 6.07) is 8.73. The maximum atomic E-state index is 12.8. The topological polar surface area (TPSA) is 116 Å². The summed E-state index contributed by atoms with van der Waals surface area (Å²) in [4.78, 5) is 11.5. The number of aliphatic hydroxyl groups excluding tert-OH is 1. The molecule has 0 saturated heterocycles. The minimum atomic E-state index is -5.22. The molecule has 0 radical (unpaired) electrons. The Balaban J connectivity index is 2.26. The molecule has 1 atom stereocenters. The van der Waals surface area contributed by atoms with E-state index >= 15 is 0 Å². The van der Waals surface area contributed by atoms with E-state index in [9.17, 15) is 31.5 Å². The molecule has 2 aromatic carbocycles. The van der Waals surface area contributed by atoms with Gasteiger partial charge in [0.25, 0.3) is 5.91 Å². The lowest BCUT2D eigenvalue weighted by Crippen LogP contribution is -2.52. The van der Waals surface area contributed by atoms with E-state index in [4.69, 9.17) is 16.7 Å². The Morgan fingerprint density at radius 2 is 1.67 bits per heavy atom. The van der Waals surface area contributed by atoms with Gasteiger partial charge in [0.05, 0.1) is 27.1 Å². The lowest BCUT2D eigenvalue weighted by atomic mass is 10.1. The number of amides is 1. The van der Waals surface area contributed by atoms with Crippen molar-refractivity contribution in [3.63, 3.8) is 0 Å². The largest absolute Gasteiger partial charge is 0.426 e. The number of hydrogen-bond donors (Lipinski definition) is 4. The molecule has 0 bridgehead atoms. The van der Waals surface area contributed by atoms with Gasteiger partial charge in [-0.2, -0.15) is 13.2 Å². The number of alkyl halides is 3. The van der Waals surface area contributed by atoms with Gasteiger partial charge in [-0.15, -0.1) is 0 Å². The van der Waals surface area contributed by atoms with Crippen molar-refractivity contribution >= 4 is 38.7 Å². The van der Waals surface area contributed by atoms with Crippen molar-refractivity contribution in [1.29, 1.82) is 0 Å². The minimum absolute atomic E-state index is 0.0649. The average Bonchev–Trinajstić information content (AvgIpc) is 2.67. The summed E-state index contributed by atoms with van der Waals surface area (Å²) >= 11 is 5.94. The van der Waals surface area contributed by atoms with E-state index < -0.39 is 27.5 Å². The number of halogens is 4. The van der Waals surface area contributed by atoms with Gasteiger partial charge in [0, 0.05) is 12.2 Å². The van der Waals surface area contributed by atoms with Gasteiger partial charge in [0.1, 0.15) is 0 Å². The first-order valence-corrected chi connectivity index (χ1v) is 10.3. The van der Waals surface area contributed by atoms with Crippen molar-refractivity contribution in [2.45, 2.75) is 28.5 Å². The molecule has 164 valence electrons. The molecule has 0 fully saturated rings. The highest BCUT2D eigenvalue weighted by molar-refractivity contribution is 7.91. The van der Waals surface area contributed by atoms with E-state index in [1.54, 1.807) is 0 Å². The predicted octanol–water partition coefficient (Wildman–Crippen LogP) is 2.83. The fraction of sp³-hybridized carbons (Fsp3) is 0.278. The van der Waals surface area contributed by atoms with Crippen LogP contribution in [0, 0.1) is 0 Å². The molecule has 12 heteroatoms. The molecule has 1 amide bonds. The molecule has 0 aliphatic heterocycles. The number of anilines is 2. The number of carbonyl (C=O) groups is 1. The van der Waals surface area contributed by atoms with Crippen LogP contribution < -0.4 is 10.6 Å². The molecule has 0 aliphatic rings. The molecule has 0 heterocycles. The van der Waals surface area contributed by atoms with Gasteiger partial charge in [-0.1, -0.05) is 11.6 Å². The van der Waals surface area contributed by atoms with E-state index in [1.807, 2.05) is 5.32 Å². The molecular formula is C18H18ClF3N2O5S. The Labute approximate surface area is 175 Å². The zero-order valence-corrected chi connectivity index (χ0v) is 17.1. The lowest BCUT2D eigenvalue weighted by molar-refractivity contribution is -0.242. The van der Waals surface area contributed by atoms with Gasteiger partial charge in [0.15, 0.2) is 0 Å². The SMILES string of the molecule is CC(O)(C(=O)Nc1ccc(S(=O)(=O)c2ccc(NCCO)cc2)cc1Cl)C(F)(F)F. The van der Waals surface area contributed by atoms with E-state index in [0.29, 0.717) is 5.69 Å². The van der Waals surface area contributed by atoms with Crippen molar-refractivity contribution in [1.82, 2.24) is 0 Å². The molecule has 4 N–H and O–H groups in total. The monoisotopic (exact) mass is 466 g/mol. The summed E-state index contributed by atoms with van der Waals surface area (Å²) < 4.78 is 63.7. The summed E-state index contributed by atoms with van der Waals surface area (Å²) in [5.74, 6) is -1.77. The first-order chi connectivity index (χ1) is 13.8. The zero-order chi connectivity index (χ0) is 22.7. The number of aliphatic hydroxyl groups is 2. The second-order valence-electron chi connectivity index (χ2n) is 6.34. The van der Waals surface area contributed by atoms with Gasteiger partial charge in [0.2, 0.25) is 15.4 Å². The third-order valence-corrected chi connectivity index (χ3v) is 6.18. The quantitative estimate of drug-likeness (QED) is 0.498. The van der Waals surface area contributed by atoms with Crippen molar-refractivity contribution in [2.24, 2.45) is 0 Å². The molecule has 1 unspecified atom stereocenters. The summed E-state index contributed by atoms with van der Waals surface area (Å²) in [5, 5.41) is 22.5. The molecule has 0 aromatic heterocycles. The van der Waals surface area contributed by atoms with Gasteiger partial charge in [-0.05, 0) is 49.4 Å². The van der Waals surface area contributed by atoms with E-state index in [0.717, 1.165) is 18.2 Å². The Kier molecular flexibility index (Phi) is 7.02. The molecule has 0 aliphatic carbocycles. The molecule has 7 nitrogen and oxygen atoms in total. The Morgan fingerprint density at radius 3 is 2.17 bits per heavy atom. The third-order valence-electron chi connectivity index (χ3n) is 4.10. The van der Waals surface area contributed by atoms with Crippen LogP contribution in [0.25, 0.3) is 0 Å². The Bertz CT molecular complexity index is 1030. The van der Waals surface area contributed by atoms with Crippen molar-refractivity contribution < 1.29 is 36.6 Å². The number of rotatable bonds is 7. The number of benzene rings is 2. The van der Waals surface area contributed by atoms with Gasteiger partial charge in [-0.3, -0.25) is 4.79 Å². The van der Waals surface area contributed by atoms with E-state index in [-0.39, 0.29) is 40.6 Å². The number of carbonyl (C=O) groups excluding carboxylic acids is 1. The smallest absolute Gasteiger partial charge is 0.395 e. The van der Waals surface area contributed by atoms with Crippen LogP contribution in [0.4, 0.5) is 24.5 Å². The molecule has 30 heavy (non-hydrogen) atoms. The predicted molar refractivity (Wildman–Crippen MR) is 104 cm³/mol. The van der Waals surface area contributed by atoms with Crippen LogP contribution in [0.3, 0.4) is 0 Å². The molecule has 2 aromatic rings. The van der Waals surface area contributed by atoms with Crippen LogP contribution in [-0.2, 0) is 14.6 Å². The summed E-state index contributed by atoms with van der Waals surface area (Å²) in [7, 11) is -4.00. The summed E-state index contributed by atoms with van der Waals surface area (Å²) in [5.41, 5.74) is -3.36. The number of hydrogen-bond acceptors (Lipinski definition) is 6. The van der Waals surface area contributed by atoms with E-state index in [1.165, 1.54) is 24.3 Å². The Morgan fingerprint density at radius 1 is 1.10 bits per heavy atom. The number of nitrogens with one attached hydrogen (secondary N) is 2. The second-order valence-corrected chi connectivity index (χ2v) is 8.70. The fourth-order valence-corrected chi connectivity index (χ4v) is 3.80. The summed E-state index contributed by atoms with van der Waals surface area (Å²) in [6.45, 7) is 0.476. The average molecular weight is 467 g/mol. The number of sulfone groups is 1. The highest BCUT2D eigenvalue weighted by Gasteiger charge is 2.55. The second kappa shape index (κ2) is 8.80. The fourth-order valence-electron chi connectivity index (χ4n) is 2.23. The van der Waals surface area contributed by atoms with Crippen molar-refractivity contribution in [3.8, 4) is 0 Å². The Hall–Kier alpha value is -2.34. The van der Waals surface area contributed by atoms with E-state index in [2.05, 4.69) is 5.32 Å².